The second-order valence-electron chi connectivity index (χ2n) is 5.48. The van der Waals surface area contributed by atoms with Crippen LogP contribution in [0.3, 0.4) is 0 Å². The first-order valence-electron chi connectivity index (χ1n) is 7.20. The highest BCUT2D eigenvalue weighted by molar-refractivity contribution is 7.90. The topological polar surface area (TPSA) is 59.9 Å². The van der Waals surface area contributed by atoms with Gasteiger partial charge in [0, 0.05) is 25.1 Å². The second-order valence-corrected chi connectivity index (χ2v) is 8.95. The number of hydrogen-bond donors (Lipinski definition) is 0. The van der Waals surface area contributed by atoms with Gasteiger partial charge in [-0.1, -0.05) is 23.7 Å². The van der Waals surface area contributed by atoms with E-state index in [0.29, 0.717) is 6.42 Å². The lowest BCUT2D eigenvalue weighted by molar-refractivity contribution is 0.602. The highest BCUT2D eigenvalue weighted by Crippen LogP contribution is 2.34. The van der Waals surface area contributed by atoms with E-state index >= 15 is 0 Å². The highest BCUT2D eigenvalue weighted by Gasteiger charge is 2.16. The van der Waals surface area contributed by atoms with Crippen LogP contribution in [-0.2, 0) is 16.3 Å². The van der Waals surface area contributed by atoms with Crippen LogP contribution in [0.1, 0.15) is 16.3 Å². The number of aryl methyl sites for hydroxylation is 1. The molecule has 2 heterocycles. The summed E-state index contributed by atoms with van der Waals surface area (Å²) in [6.45, 7) is 1.94. The second kappa shape index (κ2) is 6.63. The minimum absolute atomic E-state index is 0.144. The van der Waals surface area contributed by atoms with E-state index in [1.54, 1.807) is 35.7 Å². The predicted octanol–water partition coefficient (Wildman–Crippen LogP) is 4.16. The minimum Gasteiger partial charge on any atom is -0.264 e. The van der Waals surface area contributed by atoms with E-state index in [2.05, 4.69) is 9.97 Å². The zero-order chi connectivity index (χ0) is 17.3. The molecule has 2 aromatic heterocycles. The van der Waals surface area contributed by atoms with E-state index in [9.17, 15) is 8.42 Å². The molecule has 124 valence electrons. The number of thiazole rings is 1. The fourth-order valence-corrected chi connectivity index (χ4v) is 4.84. The van der Waals surface area contributed by atoms with Crippen LogP contribution in [0.4, 0.5) is 0 Å². The zero-order valence-electron chi connectivity index (χ0n) is 13.2. The molecule has 3 aromatic rings. The third kappa shape index (κ3) is 3.66. The first-order valence-corrected chi connectivity index (χ1v) is 10.3. The average Bonchev–Trinajstić information content (AvgIpc) is 2.87. The number of aromatic nitrogens is 2. The van der Waals surface area contributed by atoms with Crippen LogP contribution >= 0.6 is 22.9 Å². The van der Waals surface area contributed by atoms with Gasteiger partial charge in [-0.05, 0) is 36.2 Å². The van der Waals surface area contributed by atoms with Gasteiger partial charge in [-0.25, -0.2) is 13.4 Å². The van der Waals surface area contributed by atoms with Crippen molar-refractivity contribution in [3.05, 3.63) is 64.0 Å². The van der Waals surface area contributed by atoms with Gasteiger partial charge >= 0.3 is 0 Å². The van der Waals surface area contributed by atoms with E-state index in [-0.39, 0.29) is 9.92 Å². The van der Waals surface area contributed by atoms with Gasteiger partial charge in [0.05, 0.1) is 25.5 Å². The molecule has 0 saturated carbocycles. The Morgan fingerprint density at radius 2 is 2.04 bits per heavy atom. The molecule has 24 heavy (non-hydrogen) atoms. The van der Waals surface area contributed by atoms with E-state index < -0.39 is 9.84 Å². The van der Waals surface area contributed by atoms with Crippen LogP contribution in [0.5, 0.6) is 0 Å². The van der Waals surface area contributed by atoms with Crippen LogP contribution in [0.2, 0.25) is 5.02 Å². The molecule has 0 unspecified atom stereocenters. The molecule has 0 fully saturated rings. The van der Waals surface area contributed by atoms with Gasteiger partial charge < -0.3 is 0 Å². The van der Waals surface area contributed by atoms with Gasteiger partial charge in [0.25, 0.3) is 0 Å². The number of halogens is 1. The molecule has 0 aliphatic carbocycles. The third-order valence-corrected chi connectivity index (χ3v) is 6.30. The van der Waals surface area contributed by atoms with Crippen LogP contribution < -0.4 is 0 Å². The quantitative estimate of drug-likeness (QED) is 0.683. The zero-order valence-corrected chi connectivity index (χ0v) is 15.5. The van der Waals surface area contributed by atoms with E-state index in [0.717, 1.165) is 33.0 Å². The van der Waals surface area contributed by atoms with Crippen molar-refractivity contribution in [1.82, 2.24) is 9.97 Å². The summed E-state index contributed by atoms with van der Waals surface area (Å²) >= 11 is 7.73. The Balaban J connectivity index is 1.95. The lowest BCUT2D eigenvalue weighted by atomic mass is 10.1. The summed E-state index contributed by atoms with van der Waals surface area (Å²) in [5, 5.41) is 1.22. The molecule has 0 aliphatic rings. The van der Waals surface area contributed by atoms with Crippen molar-refractivity contribution in [2.75, 3.05) is 6.26 Å². The van der Waals surface area contributed by atoms with Crippen molar-refractivity contribution in [3.63, 3.8) is 0 Å². The van der Waals surface area contributed by atoms with Gasteiger partial charge in [0.1, 0.15) is 0 Å². The molecule has 0 atom stereocenters. The van der Waals surface area contributed by atoms with Crippen LogP contribution in [0, 0.1) is 6.92 Å². The molecule has 0 N–H and O–H groups in total. The van der Waals surface area contributed by atoms with Crippen molar-refractivity contribution >= 4 is 32.8 Å². The molecule has 0 bridgehead atoms. The molecule has 0 aliphatic heterocycles. The van der Waals surface area contributed by atoms with Gasteiger partial charge in [-0.2, -0.15) is 0 Å². The van der Waals surface area contributed by atoms with Crippen molar-refractivity contribution in [2.45, 2.75) is 18.2 Å². The van der Waals surface area contributed by atoms with Gasteiger partial charge in [0.15, 0.2) is 9.84 Å². The normalized spacial score (nSPS) is 11.6. The molecular formula is C17H15ClN2O2S2. The summed E-state index contributed by atoms with van der Waals surface area (Å²) in [7, 11) is -3.33. The average molecular weight is 379 g/mol. The van der Waals surface area contributed by atoms with E-state index in [1.165, 1.54) is 0 Å². The Kier molecular flexibility index (Phi) is 4.71. The van der Waals surface area contributed by atoms with Gasteiger partial charge in [-0.15, -0.1) is 11.3 Å². The monoisotopic (exact) mass is 378 g/mol. The summed E-state index contributed by atoms with van der Waals surface area (Å²) in [4.78, 5) is 9.87. The van der Waals surface area contributed by atoms with Gasteiger partial charge in [0.2, 0.25) is 0 Å². The maximum absolute atomic E-state index is 11.7. The van der Waals surface area contributed by atoms with Crippen molar-refractivity contribution in [2.24, 2.45) is 0 Å². The SMILES string of the molecule is Cc1nc(Cc2cccnc2)sc1-c1ccc(S(C)(=O)=O)c(Cl)c1. The van der Waals surface area contributed by atoms with E-state index in [4.69, 9.17) is 11.6 Å². The summed E-state index contributed by atoms with van der Waals surface area (Å²) in [5.41, 5.74) is 2.88. The predicted molar refractivity (Wildman–Crippen MR) is 97.4 cm³/mol. The molecule has 3 rings (SSSR count). The third-order valence-electron chi connectivity index (χ3n) is 3.51. The molecule has 1 aromatic carbocycles. The number of hydrogen-bond acceptors (Lipinski definition) is 5. The fourth-order valence-electron chi connectivity index (χ4n) is 2.42. The smallest absolute Gasteiger partial charge is 0.176 e. The first kappa shape index (κ1) is 17.1. The standard InChI is InChI=1S/C17H15ClN2O2S2/c1-11-17(13-5-6-15(14(18)9-13)24(2,21)22)23-16(20-11)8-12-4-3-7-19-10-12/h3-7,9-10H,8H2,1-2H3. The molecule has 7 heteroatoms. The maximum atomic E-state index is 11.7. The molecule has 0 amide bonds. The number of pyridine rings is 1. The summed E-state index contributed by atoms with van der Waals surface area (Å²) in [6, 6.07) is 8.93. The first-order chi connectivity index (χ1) is 11.3. The Morgan fingerprint density at radius 3 is 2.67 bits per heavy atom. The molecule has 0 radical (unpaired) electrons. The lowest BCUT2D eigenvalue weighted by Gasteiger charge is -2.04. The summed E-state index contributed by atoms with van der Waals surface area (Å²) in [5.74, 6) is 0. The van der Waals surface area contributed by atoms with Crippen LogP contribution in [0.15, 0.2) is 47.6 Å². The summed E-state index contributed by atoms with van der Waals surface area (Å²) < 4.78 is 23.4. The minimum atomic E-state index is -3.33. The lowest BCUT2D eigenvalue weighted by Crippen LogP contribution is -1.97. The highest BCUT2D eigenvalue weighted by atomic mass is 35.5. The van der Waals surface area contributed by atoms with Crippen molar-refractivity contribution < 1.29 is 8.42 Å². The fraction of sp³-hybridized carbons (Fsp3) is 0.176. The number of benzene rings is 1. The van der Waals surface area contributed by atoms with Crippen molar-refractivity contribution in [3.8, 4) is 10.4 Å². The largest absolute Gasteiger partial charge is 0.264 e. The maximum Gasteiger partial charge on any atom is 0.176 e. The Labute approximate surface area is 150 Å². The molecule has 0 spiro atoms. The van der Waals surface area contributed by atoms with Crippen molar-refractivity contribution in [1.29, 1.82) is 0 Å². The molecule has 0 saturated heterocycles. The van der Waals surface area contributed by atoms with Gasteiger partial charge in [-0.3, -0.25) is 4.98 Å². The number of nitrogens with zero attached hydrogens (tertiary/aromatic N) is 2. The van der Waals surface area contributed by atoms with Crippen LogP contribution in [0.25, 0.3) is 10.4 Å². The molecule has 4 nitrogen and oxygen atoms in total. The Bertz CT molecular complexity index is 983. The van der Waals surface area contributed by atoms with E-state index in [1.807, 2.05) is 25.3 Å². The number of rotatable bonds is 4. The number of sulfone groups is 1. The summed E-state index contributed by atoms with van der Waals surface area (Å²) in [6.07, 6.45) is 5.44. The van der Waals surface area contributed by atoms with Crippen LogP contribution in [-0.4, -0.2) is 24.6 Å². The molecular weight excluding hydrogens is 364 g/mol. The Morgan fingerprint density at radius 1 is 1.25 bits per heavy atom. The Hall–Kier alpha value is -1.76.